The van der Waals surface area contributed by atoms with Crippen molar-refractivity contribution in [3.63, 3.8) is 0 Å². The first kappa shape index (κ1) is 11.1. The fourth-order valence-electron chi connectivity index (χ4n) is 2.07. The fourth-order valence-corrected chi connectivity index (χ4v) is 2.07. The summed E-state index contributed by atoms with van der Waals surface area (Å²) in [5.74, 6) is -0.203. The van der Waals surface area contributed by atoms with Gasteiger partial charge in [0.2, 0.25) is 0 Å². The molecule has 0 aliphatic heterocycles. The number of hydrogen-bond acceptors (Lipinski definition) is 1. The second kappa shape index (κ2) is 4.26. The summed E-state index contributed by atoms with van der Waals surface area (Å²) in [6.07, 6.45) is 1.95. The van der Waals surface area contributed by atoms with E-state index in [2.05, 4.69) is 31.1 Å². The Morgan fingerprint density at radius 3 is 2.69 bits per heavy atom. The Morgan fingerprint density at radius 2 is 2.00 bits per heavy atom. The summed E-state index contributed by atoms with van der Waals surface area (Å²) < 4.78 is 13.0. The van der Waals surface area contributed by atoms with Crippen molar-refractivity contribution in [3.8, 4) is 0 Å². The van der Waals surface area contributed by atoms with Crippen LogP contribution in [0.4, 0.5) is 4.39 Å². The Kier molecular flexibility index (Phi) is 2.97. The molecule has 16 heavy (non-hydrogen) atoms. The molecule has 0 bridgehead atoms. The molecular formula is C13H17FN2. The molecule has 1 aromatic carbocycles. The van der Waals surface area contributed by atoms with Crippen LogP contribution in [0.25, 0.3) is 10.9 Å². The fraction of sp³-hybridized carbons (Fsp3) is 0.385. The van der Waals surface area contributed by atoms with Crippen LogP contribution in [-0.4, -0.2) is 11.0 Å². The van der Waals surface area contributed by atoms with E-state index >= 15 is 0 Å². The van der Waals surface area contributed by atoms with Gasteiger partial charge in [-0.15, -0.1) is 0 Å². The van der Waals surface area contributed by atoms with E-state index in [0.29, 0.717) is 6.04 Å². The van der Waals surface area contributed by atoms with E-state index in [1.807, 2.05) is 12.3 Å². The van der Waals surface area contributed by atoms with Gasteiger partial charge in [-0.25, -0.2) is 4.39 Å². The molecule has 0 radical (unpaired) electrons. The zero-order valence-electron chi connectivity index (χ0n) is 9.84. The van der Waals surface area contributed by atoms with Gasteiger partial charge in [0.05, 0.1) is 0 Å². The van der Waals surface area contributed by atoms with Crippen LogP contribution in [0.15, 0.2) is 24.4 Å². The summed E-state index contributed by atoms with van der Waals surface area (Å²) in [6, 6.07) is 5.55. The monoisotopic (exact) mass is 220 g/mol. The summed E-state index contributed by atoms with van der Waals surface area (Å²) in [7, 11) is 0. The highest BCUT2D eigenvalue weighted by Gasteiger charge is 2.11. The molecule has 0 saturated heterocycles. The van der Waals surface area contributed by atoms with E-state index < -0.39 is 0 Å². The van der Waals surface area contributed by atoms with Crippen LogP contribution in [0.3, 0.4) is 0 Å². The van der Waals surface area contributed by atoms with Gasteiger partial charge in [-0.2, -0.15) is 0 Å². The van der Waals surface area contributed by atoms with Crippen LogP contribution >= 0.6 is 0 Å². The lowest BCUT2D eigenvalue weighted by molar-refractivity contribution is 0.508. The molecule has 0 spiro atoms. The Labute approximate surface area is 94.9 Å². The molecule has 0 fully saturated rings. The van der Waals surface area contributed by atoms with Crippen molar-refractivity contribution in [3.05, 3.63) is 35.8 Å². The van der Waals surface area contributed by atoms with Crippen molar-refractivity contribution in [2.24, 2.45) is 0 Å². The molecule has 2 aromatic rings. The molecule has 1 unspecified atom stereocenters. The van der Waals surface area contributed by atoms with E-state index in [1.54, 1.807) is 0 Å². The van der Waals surface area contributed by atoms with Gasteiger partial charge < -0.3 is 10.3 Å². The average molecular weight is 220 g/mol. The number of fused-ring (bicyclic) bond motifs is 1. The summed E-state index contributed by atoms with van der Waals surface area (Å²) in [5, 5.41) is 4.52. The number of aromatic nitrogens is 1. The smallest absolute Gasteiger partial charge is 0.125 e. The normalized spacial score (nSPS) is 13.6. The first-order valence-electron chi connectivity index (χ1n) is 5.60. The molecular weight excluding hydrogens is 203 g/mol. The number of rotatable bonds is 3. The molecule has 2 rings (SSSR count). The first-order chi connectivity index (χ1) is 7.58. The summed E-state index contributed by atoms with van der Waals surface area (Å²) in [5.41, 5.74) is 2.04. The van der Waals surface area contributed by atoms with Crippen LogP contribution < -0.4 is 5.32 Å². The van der Waals surface area contributed by atoms with E-state index in [0.717, 1.165) is 10.9 Å². The molecule has 0 saturated carbocycles. The van der Waals surface area contributed by atoms with E-state index in [9.17, 15) is 4.39 Å². The van der Waals surface area contributed by atoms with Crippen LogP contribution in [0.1, 0.15) is 32.4 Å². The topological polar surface area (TPSA) is 27.8 Å². The number of halogens is 1. The minimum absolute atomic E-state index is 0.203. The number of hydrogen-bond donors (Lipinski definition) is 2. The quantitative estimate of drug-likeness (QED) is 0.815. The predicted molar refractivity (Wildman–Crippen MR) is 64.9 cm³/mol. The Balaban J connectivity index is 2.38. The van der Waals surface area contributed by atoms with E-state index in [4.69, 9.17) is 0 Å². The standard InChI is InChI=1S/C13H17FN2/c1-8(2)16-9(3)12-7-15-13-6-10(14)4-5-11(12)13/h4-9,15-16H,1-3H3. The van der Waals surface area contributed by atoms with Gasteiger partial charge in [-0.3, -0.25) is 0 Å². The SMILES string of the molecule is CC(C)NC(C)c1c[nH]c2cc(F)ccc12. The molecule has 2 N–H and O–H groups in total. The summed E-state index contributed by atoms with van der Waals surface area (Å²) in [6.45, 7) is 6.35. The van der Waals surface area contributed by atoms with Gasteiger partial charge in [-0.1, -0.05) is 13.8 Å². The van der Waals surface area contributed by atoms with Crippen molar-refractivity contribution in [1.29, 1.82) is 0 Å². The van der Waals surface area contributed by atoms with E-state index in [1.165, 1.54) is 17.7 Å². The maximum Gasteiger partial charge on any atom is 0.125 e. The molecule has 0 aliphatic rings. The zero-order chi connectivity index (χ0) is 11.7. The lowest BCUT2D eigenvalue weighted by Gasteiger charge is -2.16. The van der Waals surface area contributed by atoms with Gasteiger partial charge in [0.1, 0.15) is 5.82 Å². The van der Waals surface area contributed by atoms with Gasteiger partial charge >= 0.3 is 0 Å². The van der Waals surface area contributed by atoms with Crippen molar-refractivity contribution >= 4 is 10.9 Å². The average Bonchev–Trinajstić information content (AvgIpc) is 2.59. The third-order valence-electron chi connectivity index (χ3n) is 2.73. The van der Waals surface area contributed by atoms with Gasteiger partial charge in [0.15, 0.2) is 0 Å². The molecule has 1 atom stereocenters. The maximum atomic E-state index is 13.0. The summed E-state index contributed by atoms with van der Waals surface area (Å²) >= 11 is 0. The largest absolute Gasteiger partial charge is 0.361 e. The minimum atomic E-state index is -0.203. The Morgan fingerprint density at radius 1 is 1.25 bits per heavy atom. The number of nitrogens with one attached hydrogen (secondary N) is 2. The van der Waals surface area contributed by atoms with E-state index in [-0.39, 0.29) is 11.9 Å². The lowest BCUT2D eigenvalue weighted by atomic mass is 10.1. The zero-order valence-corrected chi connectivity index (χ0v) is 9.84. The van der Waals surface area contributed by atoms with Gasteiger partial charge in [-0.05, 0) is 30.7 Å². The predicted octanol–water partition coefficient (Wildman–Crippen LogP) is 3.37. The Bertz CT molecular complexity index is 488. The molecule has 1 heterocycles. The molecule has 0 amide bonds. The van der Waals surface area contributed by atoms with Crippen molar-refractivity contribution < 1.29 is 4.39 Å². The van der Waals surface area contributed by atoms with Crippen LogP contribution in [0, 0.1) is 5.82 Å². The third kappa shape index (κ3) is 2.09. The van der Waals surface area contributed by atoms with Crippen molar-refractivity contribution in [1.82, 2.24) is 10.3 Å². The van der Waals surface area contributed by atoms with Crippen LogP contribution in [-0.2, 0) is 0 Å². The number of H-pyrrole nitrogens is 1. The van der Waals surface area contributed by atoms with Crippen molar-refractivity contribution in [2.75, 3.05) is 0 Å². The molecule has 0 aliphatic carbocycles. The summed E-state index contributed by atoms with van der Waals surface area (Å²) in [4.78, 5) is 3.10. The van der Waals surface area contributed by atoms with Gasteiger partial charge in [0, 0.05) is 29.2 Å². The third-order valence-corrected chi connectivity index (χ3v) is 2.73. The second-order valence-electron chi connectivity index (χ2n) is 4.48. The molecule has 86 valence electrons. The highest BCUT2D eigenvalue weighted by molar-refractivity contribution is 5.83. The van der Waals surface area contributed by atoms with Crippen LogP contribution in [0.5, 0.6) is 0 Å². The Hall–Kier alpha value is -1.35. The molecule has 2 nitrogen and oxygen atoms in total. The highest BCUT2D eigenvalue weighted by atomic mass is 19.1. The molecule has 1 aromatic heterocycles. The number of aromatic amines is 1. The number of benzene rings is 1. The second-order valence-corrected chi connectivity index (χ2v) is 4.48. The highest BCUT2D eigenvalue weighted by Crippen LogP contribution is 2.24. The van der Waals surface area contributed by atoms with Crippen molar-refractivity contribution in [2.45, 2.75) is 32.9 Å². The molecule has 3 heteroatoms. The van der Waals surface area contributed by atoms with Crippen LogP contribution in [0.2, 0.25) is 0 Å². The lowest BCUT2D eigenvalue weighted by Crippen LogP contribution is -2.25. The minimum Gasteiger partial charge on any atom is -0.361 e. The first-order valence-corrected chi connectivity index (χ1v) is 5.60. The maximum absolute atomic E-state index is 13.0. The van der Waals surface area contributed by atoms with Gasteiger partial charge in [0.25, 0.3) is 0 Å².